The second-order valence-corrected chi connectivity index (χ2v) is 8.02. The zero-order valence-corrected chi connectivity index (χ0v) is 17.6. The summed E-state index contributed by atoms with van der Waals surface area (Å²) in [5, 5.41) is 5.40. The quantitative estimate of drug-likeness (QED) is 0.535. The minimum absolute atomic E-state index is 0.241. The zero-order chi connectivity index (χ0) is 19.2. The average molecular weight is 429 g/mol. The Hall–Kier alpha value is -1.13. The monoisotopic (exact) mass is 427 g/mol. The van der Waals surface area contributed by atoms with E-state index in [0.717, 1.165) is 17.7 Å². The van der Waals surface area contributed by atoms with Crippen LogP contribution in [-0.4, -0.2) is 13.2 Å². The van der Waals surface area contributed by atoms with Crippen LogP contribution in [0.15, 0.2) is 30.3 Å². The van der Waals surface area contributed by atoms with Crippen LogP contribution in [0.25, 0.3) is 0 Å². The Morgan fingerprint density at radius 3 is 2.33 bits per heavy atom. The molecule has 2 aromatic rings. The maximum absolute atomic E-state index is 6.49. The summed E-state index contributed by atoms with van der Waals surface area (Å²) < 4.78 is 11.4. The number of halogens is 3. The van der Waals surface area contributed by atoms with Gasteiger partial charge in [-0.2, -0.15) is 0 Å². The molecule has 1 fully saturated rings. The summed E-state index contributed by atoms with van der Waals surface area (Å²) in [7, 11) is 1.62. The fourth-order valence-electron chi connectivity index (χ4n) is 3.37. The van der Waals surface area contributed by atoms with Crippen molar-refractivity contribution in [3.8, 4) is 11.5 Å². The summed E-state index contributed by atoms with van der Waals surface area (Å²) in [6.45, 7) is 0.960. The van der Waals surface area contributed by atoms with Crippen LogP contribution in [0.4, 0.5) is 0 Å². The van der Waals surface area contributed by atoms with Crippen molar-refractivity contribution in [3.05, 3.63) is 56.5 Å². The van der Waals surface area contributed by atoms with Gasteiger partial charge in [0.2, 0.25) is 0 Å². The van der Waals surface area contributed by atoms with E-state index in [9.17, 15) is 0 Å². The van der Waals surface area contributed by atoms with Gasteiger partial charge in [-0.05, 0) is 36.6 Å². The van der Waals surface area contributed by atoms with Crippen molar-refractivity contribution in [1.82, 2.24) is 5.32 Å². The van der Waals surface area contributed by atoms with Gasteiger partial charge in [0, 0.05) is 39.3 Å². The molecular formula is C21H24Cl3NO2. The SMILES string of the molecule is COc1cc(CNC2CCCCC2)c(Cl)cc1OCc1c(Cl)cccc1Cl. The molecule has 0 unspecified atom stereocenters. The molecule has 1 aliphatic rings. The molecule has 1 saturated carbocycles. The van der Waals surface area contributed by atoms with E-state index in [0.29, 0.717) is 32.6 Å². The second kappa shape index (κ2) is 9.88. The summed E-state index contributed by atoms with van der Waals surface area (Å²) in [6, 6.07) is 9.68. The summed E-state index contributed by atoms with van der Waals surface area (Å²) >= 11 is 18.9. The van der Waals surface area contributed by atoms with E-state index in [-0.39, 0.29) is 6.61 Å². The van der Waals surface area contributed by atoms with Gasteiger partial charge in [-0.3, -0.25) is 0 Å². The minimum atomic E-state index is 0.241. The van der Waals surface area contributed by atoms with E-state index in [2.05, 4.69) is 5.32 Å². The number of hydrogen-bond donors (Lipinski definition) is 1. The molecule has 0 aromatic heterocycles. The van der Waals surface area contributed by atoms with Crippen LogP contribution >= 0.6 is 34.8 Å². The Balaban J connectivity index is 1.69. The van der Waals surface area contributed by atoms with Gasteiger partial charge in [0.05, 0.1) is 7.11 Å². The maximum Gasteiger partial charge on any atom is 0.163 e. The van der Waals surface area contributed by atoms with Crippen molar-refractivity contribution in [1.29, 1.82) is 0 Å². The Kier molecular flexibility index (Phi) is 7.54. The van der Waals surface area contributed by atoms with Crippen molar-refractivity contribution >= 4 is 34.8 Å². The average Bonchev–Trinajstić information content (AvgIpc) is 2.67. The fraction of sp³-hybridized carbons (Fsp3) is 0.429. The Morgan fingerprint density at radius 2 is 1.67 bits per heavy atom. The summed E-state index contributed by atoms with van der Waals surface area (Å²) in [5.74, 6) is 1.21. The molecule has 6 heteroatoms. The van der Waals surface area contributed by atoms with E-state index < -0.39 is 0 Å². The van der Waals surface area contributed by atoms with Crippen molar-refractivity contribution < 1.29 is 9.47 Å². The molecule has 0 bridgehead atoms. The summed E-state index contributed by atoms with van der Waals surface area (Å²) in [4.78, 5) is 0. The molecule has 1 aliphatic carbocycles. The first kappa shape index (κ1) is 20.6. The molecule has 0 aliphatic heterocycles. The van der Waals surface area contributed by atoms with Gasteiger partial charge in [-0.1, -0.05) is 60.1 Å². The predicted molar refractivity (Wildman–Crippen MR) is 113 cm³/mol. The third kappa shape index (κ3) is 5.45. The molecule has 3 nitrogen and oxygen atoms in total. The van der Waals surface area contributed by atoms with E-state index in [1.165, 1.54) is 32.1 Å². The predicted octanol–water partition coefficient (Wildman–Crippen LogP) is 6.66. The van der Waals surface area contributed by atoms with Crippen LogP contribution in [0.1, 0.15) is 43.2 Å². The van der Waals surface area contributed by atoms with E-state index in [1.807, 2.05) is 6.07 Å². The lowest BCUT2D eigenvalue weighted by atomic mass is 9.95. The smallest absolute Gasteiger partial charge is 0.163 e. The van der Waals surface area contributed by atoms with Gasteiger partial charge < -0.3 is 14.8 Å². The third-order valence-corrected chi connectivity index (χ3v) is 6.01. The Bertz CT molecular complexity index is 756. The van der Waals surface area contributed by atoms with Crippen molar-refractivity contribution in [3.63, 3.8) is 0 Å². The number of ether oxygens (including phenoxy) is 2. The Morgan fingerprint density at radius 1 is 0.963 bits per heavy atom. The van der Waals surface area contributed by atoms with Gasteiger partial charge >= 0.3 is 0 Å². The number of methoxy groups -OCH3 is 1. The molecule has 0 amide bonds. The molecule has 2 aromatic carbocycles. The number of benzene rings is 2. The molecule has 3 rings (SSSR count). The molecule has 146 valence electrons. The molecule has 0 spiro atoms. The van der Waals surface area contributed by atoms with Crippen LogP contribution in [0.5, 0.6) is 11.5 Å². The molecule has 0 radical (unpaired) electrons. The highest BCUT2D eigenvalue weighted by molar-refractivity contribution is 6.36. The second-order valence-electron chi connectivity index (χ2n) is 6.80. The lowest BCUT2D eigenvalue weighted by molar-refractivity contribution is 0.284. The first-order valence-electron chi connectivity index (χ1n) is 9.24. The largest absolute Gasteiger partial charge is 0.493 e. The first-order chi connectivity index (χ1) is 13.1. The minimum Gasteiger partial charge on any atom is -0.493 e. The van der Waals surface area contributed by atoms with E-state index in [1.54, 1.807) is 31.4 Å². The van der Waals surface area contributed by atoms with Crippen LogP contribution in [0, 0.1) is 0 Å². The highest BCUT2D eigenvalue weighted by Gasteiger charge is 2.16. The van der Waals surface area contributed by atoms with Gasteiger partial charge in [-0.25, -0.2) is 0 Å². The molecular weight excluding hydrogens is 405 g/mol. The third-order valence-electron chi connectivity index (χ3n) is 4.95. The number of hydrogen-bond acceptors (Lipinski definition) is 3. The summed E-state index contributed by atoms with van der Waals surface area (Å²) in [5.41, 5.74) is 1.74. The van der Waals surface area contributed by atoms with Crippen molar-refractivity contribution in [2.45, 2.75) is 51.3 Å². The molecule has 0 saturated heterocycles. The van der Waals surface area contributed by atoms with Crippen molar-refractivity contribution in [2.24, 2.45) is 0 Å². The van der Waals surface area contributed by atoms with Crippen LogP contribution in [0.3, 0.4) is 0 Å². The standard InChI is InChI=1S/C21H24Cl3NO2/c1-26-20-10-14(12-25-15-6-3-2-4-7-15)19(24)11-21(20)27-13-16-17(22)8-5-9-18(16)23/h5,8-11,15,25H,2-4,6-7,12-13H2,1H3. The van der Waals surface area contributed by atoms with Crippen LogP contribution in [0.2, 0.25) is 15.1 Å². The zero-order valence-electron chi connectivity index (χ0n) is 15.4. The lowest BCUT2D eigenvalue weighted by Crippen LogP contribution is -2.30. The topological polar surface area (TPSA) is 30.5 Å². The van der Waals surface area contributed by atoms with Gasteiger partial charge in [0.25, 0.3) is 0 Å². The highest BCUT2D eigenvalue weighted by atomic mass is 35.5. The fourth-order valence-corrected chi connectivity index (χ4v) is 4.09. The van der Waals surface area contributed by atoms with Gasteiger partial charge in [-0.15, -0.1) is 0 Å². The number of rotatable bonds is 7. The molecule has 0 atom stereocenters. The molecule has 27 heavy (non-hydrogen) atoms. The normalized spacial score (nSPS) is 15.0. The molecule has 0 heterocycles. The van der Waals surface area contributed by atoms with E-state index in [4.69, 9.17) is 44.3 Å². The van der Waals surface area contributed by atoms with Gasteiger partial charge in [0.15, 0.2) is 11.5 Å². The van der Waals surface area contributed by atoms with E-state index >= 15 is 0 Å². The first-order valence-corrected chi connectivity index (χ1v) is 10.4. The maximum atomic E-state index is 6.49. The van der Waals surface area contributed by atoms with Crippen molar-refractivity contribution in [2.75, 3.05) is 7.11 Å². The Labute approximate surface area is 175 Å². The van der Waals surface area contributed by atoms with Crippen LogP contribution < -0.4 is 14.8 Å². The lowest BCUT2D eigenvalue weighted by Gasteiger charge is -2.23. The van der Waals surface area contributed by atoms with Gasteiger partial charge in [0.1, 0.15) is 6.61 Å². The number of nitrogens with one attached hydrogen (secondary N) is 1. The highest BCUT2D eigenvalue weighted by Crippen LogP contribution is 2.35. The van der Waals surface area contributed by atoms with Crippen LogP contribution in [-0.2, 0) is 13.2 Å². The summed E-state index contributed by atoms with van der Waals surface area (Å²) in [6.07, 6.45) is 6.40. The molecule has 1 N–H and O–H groups in total.